The van der Waals surface area contributed by atoms with Crippen molar-refractivity contribution in [1.29, 1.82) is 0 Å². The minimum Gasteiger partial charge on any atom is -0.494 e. The van der Waals surface area contributed by atoms with E-state index in [4.69, 9.17) is 16.3 Å². The van der Waals surface area contributed by atoms with Crippen molar-refractivity contribution in [3.8, 4) is 5.75 Å². The monoisotopic (exact) mass is 384 g/mol. The van der Waals surface area contributed by atoms with E-state index in [2.05, 4.69) is 5.32 Å². The number of nitrogens with one attached hydrogen (secondary N) is 2. The van der Waals surface area contributed by atoms with Crippen molar-refractivity contribution in [3.05, 3.63) is 49.7 Å². The third kappa shape index (κ3) is 4.91. The highest BCUT2D eigenvalue weighted by atomic mass is 35.5. The van der Waals surface area contributed by atoms with Crippen molar-refractivity contribution in [2.24, 2.45) is 0 Å². The van der Waals surface area contributed by atoms with E-state index in [1.165, 1.54) is 36.6 Å². The van der Waals surface area contributed by atoms with Crippen LogP contribution in [0.15, 0.2) is 30.3 Å². The molecular weight excluding hydrogens is 366 g/mol. The van der Waals surface area contributed by atoms with Gasteiger partial charge in [0.15, 0.2) is 6.04 Å². The number of anilines is 1. The molecule has 7 nitrogen and oxygen atoms in total. The van der Waals surface area contributed by atoms with Gasteiger partial charge in [0.2, 0.25) is 0 Å². The maximum absolute atomic E-state index is 12.5. The quantitative estimate of drug-likeness (QED) is 0.566. The number of non-ortho nitro benzene ring substituents is 1. The molecule has 1 amide bonds. The molecule has 1 aromatic carbocycles. The van der Waals surface area contributed by atoms with Crippen LogP contribution in [0.4, 0.5) is 11.4 Å². The number of carbonyl (C=O) groups is 1. The van der Waals surface area contributed by atoms with Crippen LogP contribution in [-0.2, 0) is 11.3 Å². The average molecular weight is 385 g/mol. The number of thiophene rings is 1. The topological polar surface area (TPSA) is 85.9 Å². The highest BCUT2D eigenvalue weighted by Gasteiger charge is 2.24. The van der Waals surface area contributed by atoms with Crippen LogP contribution < -0.4 is 15.0 Å². The zero-order valence-corrected chi connectivity index (χ0v) is 15.6. The Kier molecular flexibility index (Phi) is 6.35. The van der Waals surface area contributed by atoms with Crippen molar-refractivity contribution in [2.75, 3.05) is 19.5 Å². The van der Waals surface area contributed by atoms with Gasteiger partial charge in [0.05, 0.1) is 40.0 Å². The number of likely N-dealkylation sites (N-methyl/N-ethyl adjacent to an activating group) is 1. The van der Waals surface area contributed by atoms with Crippen molar-refractivity contribution in [1.82, 2.24) is 0 Å². The number of rotatable bonds is 7. The maximum atomic E-state index is 12.5. The SMILES string of the molecule is COc1cc([N+](=O)[O-])ccc1NC(=O)[C@@H](C)[NH+](C)Cc1ccc(Cl)s1. The molecule has 2 N–H and O–H groups in total. The second-order valence-electron chi connectivity index (χ2n) is 5.58. The standard InChI is InChI=1S/C16H18ClN3O4S/c1-10(19(2)9-12-5-7-15(17)25-12)16(21)18-13-6-4-11(20(22)23)8-14(13)24-3/h4-8,10H,9H2,1-3H3,(H,18,21)/p+1/t10-/m1/s1. The molecule has 1 heterocycles. The van der Waals surface area contributed by atoms with Crippen LogP contribution >= 0.6 is 22.9 Å². The lowest BCUT2D eigenvalue weighted by Gasteiger charge is -2.21. The lowest BCUT2D eigenvalue weighted by Crippen LogP contribution is -3.12. The minimum absolute atomic E-state index is 0.0970. The van der Waals surface area contributed by atoms with E-state index in [1.807, 2.05) is 26.1 Å². The zero-order chi connectivity index (χ0) is 18.6. The summed E-state index contributed by atoms with van der Waals surface area (Å²) in [5.41, 5.74) is 0.303. The number of ether oxygens (including phenoxy) is 1. The molecule has 134 valence electrons. The minimum atomic E-state index is -0.513. The van der Waals surface area contributed by atoms with E-state index in [9.17, 15) is 14.9 Å². The van der Waals surface area contributed by atoms with Gasteiger partial charge in [-0.15, -0.1) is 11.3 Å². The van der Waals surface area contributed by atoms with Crippen molar-refractivity contribution >= 4 is 40.2 Å². The van der Waals surface area contributed by atoms with Crippen LogP contribution in [0.25, 0.3) is 0 Å². The summed E-state index contributed by atoms with van der Waals surface area (Å²) >= 11 is 7.42. The largest absolute Gasteiger partial charge is 0.494 e. The first-order chi connectivity index (χ1) is 11.8. The molecule has 1 unspecified atom stereocenters. The lowest BCUT2D eigenvalue weighted by molar-refractivity contribution is -0.907. The number of nitrogens with zero attached hydrogens (tertiary/aromatic N) is 1. The number of hydrogen-bond donors (Lipinski definition) is 2. The van der Waals surface area contributed by atoms with E-state index in [1.54, 1.807) is 0 Å². The van der Waals surface area contributed by atoms with Gasteiger partial charge in [-0.1, -0.05) is 11.6 Å². The molecule has 2 aromatic rings. The van der Waals surface area contributed by atoms with Crippen molar-refractivity contribution in [3.63, 3.8) is 0 Å². The van der Waals surface area contributed by atoms with E-state index >= 15 is 0 Å². The Morgan fingerprint density at radius 2 is 2.16 bits per heavy atom. The van der Waals surface area contributed by atoms with E-state index < -0.39 is 4.92 Å². The molecule has 0 aliphatic rings. The molecule has 1 aromatic heterocycles. The number of nitro benzene ring substituents is 1. The predicted octanol–water partition coefficient (Wildman–Crippen LogP) is 2.36. The molecule has 0 fully saturated rings. The first-order valence-corrected chi connectivity index (χ1v) is 8.71. The number of carbonyl (C=O) groups excluding carboxylic acids is 1. The van der Waals surface area contributed by atoms with Crippen LogP contribution in [-0.4, -0.2) is 31.0 Å². The fourth-order valence-electron chi connectivity index (χ4n) is 2.24. The number of methoxy groups -OCH3 is 1. The number of quaternary nitrogens is 1. The van der Waals surface area contributed by atoms with E-state index in [0.717, 1.165) is 14.1 Å². The van der Waals surface area contributed by atoms with E-state index in [0.29, 0.717) is 12.2 Å². The summed E-state index contributed by atoms with van der Waals surface area (Å²) < 4.78 is 5.85. The Morgan fingerprint density at radius 1 is 1.44 bits per heavy atom. The van der Waals surface area contributed by atoms with Gasteiger partial charge in [-0.05, 0) is 25.1 Å². The number of halogens is 1. The summed E-state index contributed by atoms with van der Waals surface area (Å²) in [6.07, 6.45) is 0. The number of amides is 1. The molecular formula is C16H19ClN3O4S+. The lowest BCUT2D eigenvalue weighted by atomic mass is 10.2. The molecule has 0 saturated heterocycles. The molecule has 0 aliphatic heterocycles. The fourth-order valence-corrected chi connectivity index (χ4v) is 3.42. The number of benzene rings is 1. The normalized spacial score (nSPS) is 13.1. The molecule has 0 saturated carbocycles. The van der Waals surface area contributed by atoms with Crippen molar-refractivity contribution in [2.45, 2.75) is 19.5 Å². The smallest absolute Gasteiger partial charge is 0.282 e. The zero-order valence-electron chi connectivity index (χ0n) is 14.0. The molecule has 25 heavy (non-hydrogen) atoms. The van der Waals surface area contributed by atoms with Crippen LogP contribution in [0.1, 0.15) is 11.8 Å². The van der Waals surface area contributed by atoms with Gasteiger partial charge >= 0.3 is 0 Å². The summed E-state index contributed by atoms with van der Waals surface area (Å²) in [5, 5.41) is 13.6. The predicted molar refractivity (Wildman–Crippen MR) is 97.7 cm³/mol. The second-order valence-corrected chi connectivity index (χ2v) is 7.38. The van der Waals surface area contributed by atoms with Gasteiger partial charge in [0.1, 0.15) is 12.3 Å². The molecule has 2 atom stereocenters. The summed E-state index contributed by atoms with van der Waals surface area (Å²) in [4.78, 5) is 24.9. The van der Waals surface area contributed by atoms with Gasteiger partial charge in [-0.25, -0.2) is 0 Å². The maximum Gasteiger partial charge on any atom is 0.282 e. The Hall–Kier alpha value is -2.16. The Labute approximate surface area is 154 Å². The summed E-state index contributed by atoms with van der Waals surface area (Å²) in [5.74, 6) is 0.0461. The highest BCUT2D eigenvalue weighted by molar-refractivity contribution is 7.16. The van der Waals surface area contributed by atoms with Gasteiger partial charge in [-0.3, -0.25) is 14.9 Å². The summed E-state index contributed by atoms with van der Waals surface area (Å²) in [6, 6.07) is 7.52. The third-order valence-corrected chi connectivity index (χ3v) is 5.10. The molecule has 0 bridgehead atoms. The Morgan fingerprint density at radius 3 is 2.72 bits per heavy atom. The molecule has 2 rings (SSSR count). The van der Waals surface area contributed by atoms with Gasteiger partial charge in [0.25, 0.3) is 11.6 Å². The van der Waals surface area contributed by atoms with Crippen LogP contribution in [0, 0.1) is 10.1 Å². The average Bonchev–Trinajstić information content (AvgIpc) is 2.98. The molecule has 0 radical (unpaired) electrons. The first kappa shape index (κ1) is 19.2. The molecule has 0 aliphatic carbocycles. The van der Waals surface area contributed by atoms with Gasteiger partial charge in [-0.2, -0.15) is 0 Å². The van der Waals surface area contributed by atoms with Crippen LogP contribution in [0.3, 0.4) is 0 Å². The third-order valence-electron chi connectivity index (χ3n) is 3.87. The van der Waals surface area contributed by atoms with Crippen molar-refractivity contribution < 1.29 is 19.4 Å². The molecule has 0 spiro atoms. The van der Waals surface area contributed by atoms with Crippen LogP contribution in [0.2, 0.25) is 4.34 Å². The molecule has 9 heteroatoms. The van der Waals surface area contributed by atoms with Gasteiger partial charge in [0, 0.05) is 6.07 Å². The van der Waals surface area contributed by atoms with Crippen LogP contribution in [0.5, 0.6) is 5.75 Å². The number of nitro groups is 1. The number of hydrogen-bond acceptors (Lipinski definition) is 5. The second kappa shape index (κ2) is 8.28. The summed E-state index contributed by atoms with van der Waals surface area (Å²) in [6.45, 7) is 2.49. The first-order valence-electron chi connectivity index (χ1n) is 7.51. The Balaban J connectivity index is 2.06. The van der Waals surface area contributed by atoms with E-state index in [-0.39, 0.29) is 23.4 Å². The summed E-state index contributed by atoms with van der Waals surface area (Å²) in [7, 11) is 3.32. The highest BCUT2D eigenvalue weighted by Crippen LogP contribution is 2.29. The Bertz CT molecular complexity index is 780. The van der Waals surface area contributed by atoms with Gasteiger partial charge < -0.3 is 15.0 Å². The fraction of sp³-hybridized carbons (Fsp3) is 0.312.